The Kier molecular flexibility index (Phi) is 4.88. The summed E-state index contributed by atoms with van der Waals surface area (Å²) in [6.45, 7) is 4.09. The van der Waals surface area contributed by atoms with Crippen molar-refractivity contribution in [3.63, 3.8) is 0 Å². The largest absolute Gasteiger partial charge is 0.324 e. The van der Waals surface area contributed by atoms with Crippen molar-refractivity contribution in [1.82, 2.24) is 0 Å². The number of nitrogens with two attached hydrogens (primary N) is 1. The van der Waals surface area contributed by atoms with Crippen LogP contribution in [0.4, 0.5) is 4.39 Å². The Balaban J connectivity index is 1.78. The number of benzene rings is 3. The molecule has 0 bridgehead atoms. The highest BCUT2D eigenvalue weighted by Crippen LogP contribution is 2.29. The van der Waals surface area contributed by atoms with Crippen molar-refractivity contribution in [1.29, 1.82) is 0 Å². The van der Waals surface area contributed by atoms with Gasteiger partial charge in [-0.25, -0.2) is 4.39 Å². The first-order valence-corrected chi connectivity index (χ1v) is 7.99. The molecule has 2 N–H and O–H groups in total. The molecule has 0 fully saturated rings. The molecule has 0 saturated heterocycles. The zero-order valence-corrected chi connectivity index (χ0v) is 13.5. The van der Waals surface area contributed by atoms with Crippen molar-refractivity contribution in [2.24, 2.45) is 5.73 Å². The average molecular weight is 317 g/mol. The van der Waals surface area contributed by atoms with Gasteiger partial charge in [0.15, 0.2) is 0 Å². The van der Waals surface area contributed by atoms with E-state index in [9.17, 15) is 4.39 Å². The first-order valence-electron chi connectivity index (χ1n) is 7.99. The molecule has 0 heterocycles. The molecule has 120 valence electrons. The maximum atomic E-state index is 14.5. The third kappa shape index (κ3) is 3.61. The summed E-state index contributed by atoms with van der Waals surface area (Å²) in [4.78, 5) is 0. The van der Waals surface area contributed by atoms with E-state index in [0.29, 0.717) is 12.0 Å². The third-order valence-corrected chi connectivity index (χ3v) is 4.16. The van der Waals surface area contributed by atoms with Crippen LogP contribution in [-0.4, -0.2) is 0 Å². The molecular weight excluding hydrogens is 297 g/mol. The highest BCUT2D eigenvalue weighted by atomic mass is 19.1. The van der Waals surface area contributed by atoms with E-state index < -0.39 is 0 Å². The molecular formula is C22H20FN. The van der Waals surface area contributed by atoms with E-state index in [1.807, 2.05) is 66.7 Å². The topological polar surface area (TPSA) is 26.0 Å². The minimum atomic E-state index is -0.242. The molecule has 3 aromatic rings. The Hall–Kier alpha value is -2.71. The third-order valence-electron chi connectivity index (χ3n) is 4.16. The van der Waals surface area contributed by atoms with Crippen molar-refractivity contribution < 1.29 is 4.39 Å². The van der Waals surface area contributed by atoms with Crippen molar-refractivity contribution in [3.05, 3.63) is 102 Å². The van der Waals surface area contributed by atoms with Gasteiger partial charge in [-0.1, -0.05) is 79.4 Å². The minimum Gasteiger partial charge on any atom is -0.324 e. The van der Waals surface area contributed by atoms with Gasteiger partial charge < -0.3 is 5.73 Å². The van der Waals surface area contributed by atoms with Crippen LogP contribution in [0, 0.1) is 5.82 Å². The fourth-order valence-electron chi connectivity index (χ4n) is 2.79. The van der Waals surface area contributed by atoms with Crippen LogP contribution in [0.2, 0.25) is 0 Å². The quantitative estimate of drug-likeness (QED) is 0.651. The van der Waals surface area contributed by atoms with Gasteiger partial charge in [0.05, 0.1) is 0 Å². The van der Waals surface area contributed by atoms with Crippen LogP contribution < -0.4 is 5.73 Å². The molecule has 1 nitrogen and oxygen atoms in total. The summed E-state index contributed by atoms with van der Waals surface area (Å²) < 4.78 is 14.5. The predicted octanol–water partition coefficient (Wildman–Crippen LogP) is 5.60. The molecule has 0 aromatic heterocycles. The van der Waals surface area contributed by atoms with Crippen molar-refractivity contribution in [3.8, 4) is 11.1 Å². The number of halogens is 1. The van der Waals surface area contributed by atoms with Gasteiger partial charge in [0.2, 0.25) is 0 Å². The van der Waals surface area contributed by atoms with Crippen LogP contribution in [0.25, 0.3) is 16.7 Å². The monoisotopic (exact) mass is 317 g/mol. The predicted molar refractivity (Wildman–Crippen MR) is 98.9 cm³/mol. The lowest BCUT2D eigenvalue weighted by Gasteiger charge is -2.15. The van der Waals surface area contributed by atoms with Gasteiger partial charge >= 0.3 is 0 Å². The Morgan fingerprint density at radius 2 is 1.54 bits per heavy atom. The molecule has 3 rings (SSSR count). The Morgan fingerprint density at radius 3 is 2.17 bits per heavy atom. The fourth-order valence-corrected chi connectivity index (χ4v) is 2.79. The normalized spacial score (nSPS) is 11.9. The van der Waals surface area contributed by atoms with Crippen LogP contribution in [0.3, 0.4) is 0 Å². The molecule has 2 heteroatoms. The van der Waals surface area contributed by atoms with Crippen LogP contribution >= 0.6 is 0 Å². The van der Waals surface area contributed by atoms with E-state index in [4.69, 9.17) is 5.73 Å². The average Bonchev–Trinajstić information content (AvgIpc) is 2.63. The smallest absolute Gasteiger partial charge is 0.131 e. The van der Waals surface area contributed by atoms with Gasteiger partial charge in [-0.2, -0.15) is 0 Å². The lowest BCUT2D eigenvalue weighted by atomic mass is 9.94. The van der Waals surface area contributed by atoms with Gasteiger partial charge in [-0.05, 0) is 34.8 Å². The lowest BCUT2D eigenvalue weighted by molar-refractivity contribution is 0.630. The second-order valence-corrected chi connectivity index (χ2v) is 5.89. The minimum absolute atomic E-state index is 0.143. The summed E-state index contributed by atoms with van der Waals surface area (Å²) in [5.74, 6) is -0.242. The summed E-state index contributed by atoms with van der Waals surface area (Å²) in [5.41, 5.74) is 10.4. The number of hydrogen-bond acceptors (Lipinski definition) is 1. The van der Waals surface area contributed by atoms with E-state index in [0.717, 1.165) is 22.3 Å². The second-order valence-electron chi connectivity index (χ2n) is 5.89. The highest BCUT2D eigenvalue weighted by molar-refractivity contribution is 5.70. The van der Waals surface area contributed by atoms with Gasteiger partial charge in [0.1, 0.15) is 5.82 Å². The van der Waals surface area contributed by atoms with E-state index in [1.54, 1.807) is 12.1 Å². The molecule has 1 atom stereocenters. The molecule has 0 spiro atoms. The highest BCUT2D eigenvalue weighted by Gasteiger charge is 2.11. The number of hydrogen-bond donors (Lipinski definition) is 1. The van der Waals surface area contributed by atoms with E-state index in [1.165, 1.54) is 0 Å². The molecule has 0 saturated carbocycles. The van der Waals surface area contributed by atoms with Crippen molar-refractivity contribution in [2.45, 2.75) is 12.5 Å². The Morgan fingerprint density at radius 1 is 0.917 bits per heavy atom. The molecule has 0 aliphatic heterocycles. The van der Waals surface area contributed by atoms with Gasteiger partial charge in [-0.15, -0.1) is 0 Å². The second kappa shape index (κ2) is 7.24. The summed E-state index contributed by atoms with van der Waals surface area (Å²) in [6.07, 6.45) is 0.591. The van der Waals surface area contributed by atoms with E-state index >= 15 is 0 Å². The summed E-state index contributed by atoms with van der Waals surface area (Å²) >= 11 is 0. The van der Waals surface area contributed by atoms with Crippen LogP contribution in [-0.2, 0) is 0 Å². The van der Waals surface area contributed by atoms with Gasteiger partial charge in [0, 0.05) is 11.6 Å². The molecule has 0 amide bonds. The Labute approximate surface area is 142 Å². The maximum absolute atomic E-state index is 14.5. The first-order chi connectivity index (χ1) is 11.6. The molecule has 1 unspecified atom stereocenters. The van der Waals surface area contributed by atoms with Gasteiger partial charge in [0.25, 0.3) is 0 Å². The fraction of sp³-hybridized carbons (Fsp3) is 0.0909. The molecule has 0 radical (unpaired) electrons. The molecule has 3 aromatic carbocycles. The van der Waals surface area contributed by atoms with Crippen molar-refractivity contribution >= 4 is 5.57 Å². The summed E-state index contributed by atoms with van der Waals surface area (Å²) in [5, 5.41) is 0. The van der Waals surface area contributed by atoms with Gasteiger partial charge in [-0.3, -0.25) is 0 Å². The van der Waals surface area contributed by atoms with E-state index in [-0.39, 0.29) is 11.9 Å². The summed E-state index contributed by atoms with van der Waals surface area (Å²) in [6, 6.07) is 24.5. The number of rotatable bonds is 5. The lowest BCUT2D eigenvalue weighted by Crippen LogP contribution is -2.10. The zero-order valence-electron chi connectivity index (χ0n) is 13.5. The van der Waals surface area contributed by atoms with Crippen LogP contribution in [0.15, 0.2) is 85.4 Å². The van der Waals surface area contributed by atoms with Crippen LogP contribution in [0.5, 0.6) is 0 Å². The molecule has 0 aliphatic carbocycles. The van der Waals surface area contributed by atoms with E-state index in [2.05, 4.69) is 6.58 Å². The molecule has 0 aliphatic rings. The maximum Gasteiger partial charge on any atom is 0.131 e. The Bertz CT molecular complexity index is 825. The SMILES string of the molecule is C=C(CC(N)c1ccccc1)c1ccc(-c2ccccc2)c(F)c1. The first kappa shape index (κ1) is 16.2. The van der Waals surface area contributed by atoms with Crippen LogP contribution in [0.1, 0.15) is 23.6 Å². The molecule has 24 heavy (non-hydrogen) atoms. The van der Waals surface area contributed by atoms with Crippen molar-refractivity contribution in [2.75, 3.05) is 0 Å². The zero-order chi connectivity index (χ0) is 16.9. The standard InChI is InChI=1S/C22H20FN/c1-16(14-22(24)18-10-6-3-7-11-18)19-12-13-20(21(23)15-19)17-8-4-2-5-9-17/h2-13,15,22H,1,14,24H2. The summed E-state index contributed by atoms with van der Waals surface area (Å²) in [7, 11) is 0.